The number of para-hydroxylation sites is 1. The van der Waals surface area contributed by atoms with Gasteiger partial charge in [-0.1, -0.05) is 24.3 Å². The van der Waals surface area contributed by atoms with Crippen molar-refractivity contribution in [1.29, 1.82) is 0 Å². The minimum Gasteiger partial charge on any atom is -0.253 e. The molecule has 20 heavy (non-hydrogen) atoms. The van der Waals surface area contributed by atoms with Gasteiger partial charge in [-0.2, -0.15) is 0 Å². The predicted molar refractivity (Wildman–Crippen MR) is 87.8 cm³/mol. The van der Waals surface area contributed by atoms with Gasteiger partial charge in [0, 0.05) is 27.3 Å². The zero-order valence-corrected chi connectivity index (χ0v) is 13.1. The van der Waals surface area contributed by atoms with Gasteiger partial charge >= 0.3 is 0 Å². The van der Waals surface area contributed by atoms with Crippen LogP contribution in [0.1, 0.15) is 26.4 Å². The highest BCUT2D eigenvalue weighted by Gasteiger charge is 2.13. The standard InChI is InChI=1S/C17H16ClNS/c1-11-9-17(20-12(11)2)15(18)10-14-8-7-13-5-3-4-6-16(13)19-14/h3-9,15H,10H2,1-2H3. The third-order valence-corrected chi connectivity index (χ3v) is 5.32. The molecule has 2 aromatic heterocycles. The molecule has 1 aromatic carbocycles. The SMILES string of the molecule is Cc1cc(C(Cl)Cc2ccc3ccccc3n2)sc1C. The van der Waals surface area contributed by atoms with Crippen LogP contribution >= 0.6 is 22.9 Å². The first-order valence-electron chi connectivity index (χ1n) is 6.69. The Morgan fingerprint density at radius 3 is 2.70 bits per heavy atom. The van der Waals surface area contributed by atoms with Crippen LogP contribution in [0.3, 0.4) is 0 Å². The van der Waals surface area contributed by atoms with Gasteiger partial charge in [0.1, 0.15) is 0 Å². The van der Waals surface area contributed by atoms with Gasteiger partial charge in [-0.15, -0.1) is 22.9 Å². The Morgan fingerprint density at radius 1 is 1.15 bits per heavy atom. The Balaban J connectivity index is 1.85. The van der Waals surface area contributed by atoms with E-state index < -0.39 is 0 Å². The summed E-state index contributed by atoms with van der Waals surface area (Å²) in [5, 5.41) is 1.17. The average Bonchev–Trinajstić information content (AvgIpc) is 2.79. The molecule has 102 valence electrons. The van der Waals surface area contributed by atoms with Gasteiger partial charge in [0.15, 0.2) is 0 Å². The molecule has 0 aliphatic carbocycles. The van der Waals surface area contributed by atoms with E-state index in [1.165, 1.54) is 20.7 Å². The summed E-state index contributed by atoms with van der Waals surface area (Å²) in [6, 6.07) is 14.6. The topological polar surface area (TPSA) is 12.9 Å². The molecular weight excluding hydrogens is 286 g/mol. The molecule has 0 radical (unpaired) electrons. The molecule has 3 aromatic rings. The van der Waals surface area contributed by atoms with E-state index >= 15 is 0 Å². The Labute approximate surface area is 128 Å². The Kier molecular flexibility index (Phi) is 3.77. The molecule has 0 aliphatic rings. The smallest absolute Gasteiger partial charge is 0.0734 e. The molecule has 3 heteroatoms. The van der Waals surface area contributed by atoms with Gasteiger partial charge < -0.3 is 0 Å². The van der Waals surface area contributed by atoms with Gasteiger partial charge in [0.2, 0.25) is 0 Å². The summed E-state index contributed by atoms with van der Waals surface area (Å²) >= 11 is 8.33. The molecular formula is C17H16ClNS. The lowest BCUT2D eigenvalue weighted by molar-refractivity contribution is 0.904. The number of alkyl halides is 1. The van der Waals surface area contributed by atoms with Gasteiger partial charge in [-0.25, -0.2) is 0 Å². The van der Waals surface area contributed by atoms with Gasteiger partial charge in [0.25, 0.3) is 0 Å². The van der Waals surface area contributed by atoms with Crippen molar-refractivity contribution in [1.82, 2.24) is 4.98 Å². The summed E-state index contributed by atoms with van der Waals surface area (Å²) in [5.74, 6) is 0. The number of aromatic nitrogens is 1. The first kappa shape index (κ1) is 13.6. The summed E-state index contributed by atoms with van der Waals surface area (Å²) < 4.78 is 0. The predicted octanol–water partition coefficient (Wildman–Crippen LogP) is 5.44. The summed E-state index contributed by atoms with van der Waals surface area (Å²) in [4.78, 5) is 7.27. The molecule has 0 saturated heterocycles. The number of fused-ring (bicyclic) bond motifs is 1. The number of hydrogen-bond donors (Lipinski definition) is 0. The minimum absolute atomic E-state index is 0.000984. The Bertz CT molecular complexity index is 728. The number of halogens is 1. The lowest BCUT2D eigenvalue weighted by atomic mass is 10.1. The van der Waals surface area contributed by atoms with Crippen LogP contribution in [0.25, 0.3) is 10.9 Å². The Morgan fingerprint density at radius 2 is 1.95 bits per heavy atom. The second-order valence-electron chi connectivity index (χ2n) is 5.05. The number of hydrogen-bond acceptors (Lipinski definition) is 2. The van der Waals surface area contributed by atoms with Crippen LogP contribution in [-0.2, 0) is 6.42 Å². The molecule has 3 rings (SSSR count). The van der Waals surface area contributed by atoms with Crippen LogP contribution in [0.4, 0.5) is 0 Å². The maximum atomic E-state index is 6.55. The fraction of sp³-hybridized carbons (Fsp3) is 0.235. The summed E-state index contributed by atoms with van der Waals surface area (Å²) in [5.41, 5.74) is 3.40. The van der Waals surface area contributed by atoms with E-state index in [2.05, 4.69) is 38.1 Å². The molecule has 2 heterocycles. The first-order chi connectivity index (χ1) is 9.63. The zero-order chi connectivity index (χ0) is 14.1. The van der Waals surface area contributed by atoms with E-state index in [4.69, 9.17) is 16.6 Å². The lowest BCUT2D eigenvalue weighted by Crippen LogP contribution is -1.96. The maximum absolute atomic E-state index is 6.55. The van der Waals surface area contributed by atoms with Crippen LogP contribution in [0.15, 0.2) is 42.5 Å². The monoisotopic (exact) mass is 301 g/mol. The van der Waals surface area contributed by atoms with E-state index in [-0.39, 0.29) is 5.38 Å². The molecule has 0 spiro atoms. The highest BCUT2D eigenvalue weighted by atomic mass is 35.5. The number of nitrogens with zero attached hydrogens (tertiary/aromatic N) is 1. The average molecular weight is 302 g/mol. The van der Waals surface area contributed by atoms with E-state index in [0.29, 0.717) is 0 Å². The highest BCUT2D eigenvalue weighted by molar-refractivity contribution is 7.12. The largest absolute Gasteiger partial charge is 0.253 e. The fourth-order valence-corrected chi connectivity index (χ4v) is 3.64. The third-order valence-electron chi connectivity index (χ3n) is 3.54. The number of aryl methyl sites for hydroxylation is 2. The van der Waals surface area contributed by atoms with Gasteiger partial charge in [0.05, 0.1) is 10.9 Å². The van der Waals surface area contributed by atoms with Crippen molar-refractivity contribution >= 4 is 33.8 Å². The highest BCUT2D eigenvalue weighted by Crippen LogP contribution is 2.32. The summed E-state index contributed by atoms with van der Waals surface area (Å²) in [6.07, 6.45) is 0.770. The summed E-state index contributed by atoms with van der Waals surface area (Å²) in [7, 11) is 0. The molecule has 0 N–H and O–H groups in total. The molecule has 0 bridgehead atoms. The van der Waals surface area contributed by atoms with Crippen molar-refractivity contribution in [2.75, 3.05) is 0 Å². The number of rotatable bonds is 3. The van der Waals surface area contributed by atoms with E-state index in [0.717, 1.165) is 17.6 Å². The molecule has 1 atom stereocenters. The molecule has 1 nitrogen and oxygen atoms in total. The van der Waals surface area contributed by atoms with Crippen molar-refractivity contribution in [3.05, 3.63) is 63.5 Å². The van der Waals surface area contributed by atoms with Gasteiger partial charge in [-0.05, 0) is 37.6 Å². The van der Waals surface area contributed by atoms with Crippen LogP contribution in [0, 0.1) is 13.8 Å². The van der Waals surface area contributed by atoms with Crippen LogP contribution in [0.5, 0.6) is 0 Å². The van der Waals surface area contributed by atoms with Crippen molar-refractivity contribution < 1.29 is 0 Å². The zero-order valence-electron chi connectivity index (χ0n) is 11.6. The normalized spacial score (nSPS) is 12.8. The quantitative estimate of drug-likeness (QED) is 0.587. The van der Waals surface area contributed by atoms with Crippen molar-refractivity contribution in [3.8, 4) is 0 Å². The molecule has 0 amide bonds. The first-order valence-corrected chi connectivity index (χ1v) is 7.94. The maximum Gasteiger partial charge on any atom is 0.0734 e. The van der Waals surface area contributed by atoms with Crippen LogP contribution in [0.2, 0.25) is 0 Å². The molecule has 0 fully saturated rings. The number of thiophene rings is 1. The second kappa shape index (κ2) is 5.55. The number of pyridine rings is 1. The Hall–Kier alpha value is -1.38. The summed E-state index contributed by atoms with van der Waals surface area (Å²) in [6.45, 7) is 4.27. The lowest BCUT2D eigenvalue weighted by Gasteiger charge is -2.07. The molecule has 0 aliphatic heterocycles. The van der Waals surface area contributed by atoms with Crippen LogP contribution in [-0.4, -0.2) is 4.98 Å². The van der Waals surface area contributed by atoms with E-state index in [1.807, 2.05) is 18.2 Å². The number of benzene rings is 1. The molecule has 1 unspecified atom stereocenters. The van der Waals surface area contributed by atoms with Crippen molar-refractivity contribution in [2.24, 2.45) is 0 Å². The third kappa shape index (κ3) is 2.72. The fourth-order valence-electron chi connectivity index (χ4n) is 2.26. The van der Waals surface area contributed by atoms with Crippen molar-refractivity contribution in [2.45, 2.75) is 25.6 Å². The second-order valence-corrected chi connectivity index (χ2v) is 6.87. The van der Waals surface area contributed by atoms with E-state index in [1.54, 1.807) is 11.3 Å². The van der Waals surface area contributed by atoms with E-state index in [9.17, 15) is 0 Å². The molecule has 0 saturated carbocycles. The van der Waals surface area contributed by atoms with Crippen molar-refractivity contribution in [3.63, 3.8) is 0 Å². The van der Waals surface area contributed by atoms with Crippen LogP contribution < -0.4 is 0 Å². The van der Waals surface area contributed by atoms with Gasteiger partial charge in [-0.3, -0.25) is 4.98 Å². The minimum atomic E-state index is 0.000984.